The zero-order valence-electron chi connectivity index (χ0n) is 18.7. The van der Waals surface area contributed by atoms with Gasteiger partial charge in [0.1, 0.15) is 17.3 Å². The number of Topliss-reactive ketones (excluding diaryl/α,β-unsaturated/α-hetero) is 1. The van der Waals surface area contributed by atoms with Gasteiger partial charge in [0.2, 0.25) is 0 Å². The largest absolute Gasteiger partial charge is 0.508 e. The Morgan fingerprint density at radius 2 is 1.62 bits per heavy atom. The fourth-order valence-corrected chi connectivity index (χ4v) is 3.93. The summed E-state index contributed by atoms with van der Waals surface area (Å²) >= 11 is 0. The molecule has 7 nitrogen and oxygen atoms in total. The predicted octanol–water partition coefficient (Wildman–Crippen LogP) is 3.55. The third-order valence-electron chi connectivity index (χ3n) is 5.74. The van der Waals surface area contributed by atoms with Gasteiger partial charge in [-0.05, 0) is 62.0 Å². The molecule has 7 heteroatoms. The molecule has 32 heavy (non-hydrogen) atoms. The molecule has 0 radical (unpaired) electrons. The van der Waals surface area contributed by atoms with Crippen LogP contribution in [-0.4, -0.2) is 64.5 Å². The summed E-state index contributed by atoms with van der Waals surface area (Å²) in [5.41, 5.74) is 1.12. The molecule has 0 bridgehead atoms. The maximum Gasteiger partial charge on any atom is 0.295 e. The van der Waals surface area contributed by atoms with Crippen LogP contribution in [0.5, 0.6) is 11.5 Å². The van der Waals surface area contributed by atoms with E-state index in [1.807, 2.05) is 20.8 Å². The third-order valence-corrected chi connectivity index (χ3v) is 5.74. The van der Waals surface area contributed by atoms with Gasteiger partial charge in [-0.3, -0.25) is 9.59 Å². The monoisotopic (exact) mass is 438 g/mol. The number of hydrogen-bond acceptors (Lipinski definition) is 6. The van der Waals surface area contributed by atoms with Crippen molar-refractivity contribution in [3.8, 4) is 11.5 Å². The number of carbonyl (C=O) groups excluding carboxylic acids is 2. The Morgan fingerprint density at radius 3 is 2.19 bits per heavy atom. The number of likely N-dealkylation sites (N-methyl/N-ethyl adjacent to an activating group) is 1. The predicted molar refractivity (Wildman–Crippen MR) is 123 cm³/mol. The Hall–Kier alpha value is -3.32. The van der Waals surface area contributed by atoms with Gasteiger partial charge in [0.25, 0.3) is 11.7 Å². The van der Waals surface area contributed by atoms with Gasteiger partial charge >= 0.3 is 0 Å². The summed E-state index contributed by atoms with van der Waals surface area (Å²) in [6, 6.07) is 12.4. The minimum Gasteiger partial charge on any atom is -0.508 e. The highest BCUT2D eigenvalue weighted by molar-refractivity contribution is 6.46. The number of nitrogens with zero attached hydrogens (tertiary/aromatic N) is 2. The highest BCUT2D eigenvalue weighted by atomic mass is 16.5. The van der Waals surface area contributed by atoms with Crippen molar-refractivity contribution in [2.24, 2.45) is 0 Å². The first-order valence-electron chi connectivity index (χ1n) is 10.9. The van der Waals surface area contributed by atoms with Crippen LogP contribution in [0.3, 0.4) is 0 Å². The first-order chi connectivity index (χ1) is 15.4. The van der Waals surface area contributed by atoms with E-state index in [-0.39, 0.29) is 17.1 Å². The van der Waals surface area contributed by atoms with Crippen LogP contribution in [-0.2, 0) is 9.59 Å². The van der Waals surface area contributed by atoms with E-state index in [0.29, 0.717) is 36.6 Å². The van der Waals surface area contributed by atoms with Crippen molar-refractivity contribution in [3.63, 3.8) is 0 Å². The highest BCUT2D eigenvalue weighted by Gasteiger charge is 2.45. The Balaban J connectivity index is 2.05. The number of ketones is 1. The quantitative estimate of drug-likeness (QED) is 0.354. The number of aliphatic hydroxyl groups excluding tert-OH is 1. The zero-order valence-corrected chi connectivity index (χ0v) is 18.7. The number of phenolic OH excluding ortho intramolecular Hbond substituents is 1. The summed E-state index contributed by atoms with van der Waals surface area (Å²) in [5.74, 6) is -0.842. The van der Waals surface area contributed by atoms with Gasteiger partial charge in [0.15, 0.2) is 0 Å². The molecule has 2 aromatic rings. The molecular weight excluding hydrogens is 408 g/mol. The van der Waals surface area contributed by atoms with E-state index in [9.17, 15) is 19.8 Å². The minimum absolute atomic E-state index is 0.0457. The average molecular weight is 439 g/mol. The summed E-state index contributed by atoms with van der Waals surface area (Å²) in [7, 11) is 0. The summed E-state index contributed by atoms with van der Waals surface area (Å²) in [4.78, 5) is 29.7. The number of aromatic hydroxyl groups is 1. The van der Waals surface area contributed by atoms with Crippen LogP contribution in [0.15, 0.2) is 54.1 Å². The van der Waals surface area contributed by atoms with Gasteiger partial charge in [-0.2, -0.15) is 0 Å². The van der Waals surface area contributed by atoms with Gasteiger partial charge in [0.05, 0.1) is 18.2 Å². The Morgan fingerprint density at radius 1 is 1.00 bits per heavy atom. The van der Waals surface area contributed by atoms with Crippen molar-refractivity contribution in [2.45, 2.75) is 26.8 Å². The number of ether oxygens (including phenoxy) is 1. The first kappa shape index (κ1) is 23.3. The minimum atomic E-state index is -0.738. The number of hydrogen-bond donors (Lipinski definition) is 2. The van der Waals surface area contributed by atoms with Crippen LogP contribution < -0.4 is 4.74 Å². The smallest absolute Gasteiger partial charge is 0.295 e. The lowest BCUT2D eigenvalue weighted by Gasteiger charge is -2.28. The van der Waals surface area contributed by atoms with E-state index < -0.39 is 17.7 Å². The summed E-state index contributed by atoms with van der Waals surface area (Å²) < 4.78 is 5.44. The fourth-order valence-electron chi connectivity index (χ4n) is 3.93. The van der Waals surface area contributed by atoms with Crippen molar-refractivity contribution < 1.29 is 24.5 Å². The normalized spacial score (nSPS) is 17.9. The maximum absolute atomic E-state index is 13.0. The number of benzene rings is 2. The second-order valence-corrected chi connectivity index (χ2v) is 7.57. The van der Waals surface area contributed by atoms with Crippen LogP contribution >= 0.6 is 0 Å². The lowest BCUT2D eigenvalue weighted by Crippen LogP contribution is -2.38. The molecule has 170 valence electrons. The number of carbonyl (C=O) groups is 2. The van der Waals surface area contributed by atoms with Crippen LogP contribution in [0.4, 0.5) is 0 Å². The topological polar surface area (TPSA) is 90.3 Å². The Labute approximate surface area is 188 Å². The fraction of sp³-hybridized carbons (Fsp3) is 0.360. The second kappa shape index (κ2) is 10.3. The molecule has 1 fully saturated rings. The molecule has 0 aliphatic carbocycles. The second-order valence-electron chi connectivity index (χ2n) is 7.57. The van der Waals surface area contributed by atoms with Crippen LogP contribution in [0.25, 0.3) is 5.76 Å². The van der Waals surface area contributed by atoms with Gasteiger partial charge < -0.3 is 24.7 Å². The van der Waals surface area contributed by atoms with E-state index in [2.05, 4.69) is 4.90 Å². The molecule has 2 aromatic carbocycles. The molecule has 1 aliphatic heterocycles. The number of aliphatic hydroxyl groups is 1. The van der Waals surface area contributed by atoms with Gasteiger partial charge in [-0.15, -0.1) is 0 Å². The summed E-state index contributed by atoms with van der Waals surface area (Å²) in [6.45, 7) is 9.10. The molecule has 1 amide bonds. The Kier molecular flexibility index (Phi) is 7.53. The van der Waals surface area contributed by atoms with E-state index in [1.165, 1.54) is 17.0 Å². The maximum atomic E-state index is 13.0. The molecule has 1 atom stereocenters. The first-order valence-corrected chi connectivity index (χ1v) is 10.9. The molecule has 0 aromatic heterocycles. The lowest BCUT2D eigenvalue weighted by molar-refractivity contribution is -0.140. The number of phenols is 1. The van der Waals surface area contributed by atoms with Crippen LogP contribution in [0.2, 0.25) is 0 Å². The molecule has 1 aliphatic rings. The molecule has 2 N–H and O–H groups in total. The standard InChI is InChI=1S/C25H30N2O5/c1-4-26(5-2)15-16-27-22(17-7-11-19(28)12-8-17)21(24(30)25(27)31)23(29)18-9-13-20(14-10-18)32-6-3/h7-14,22,28-29H,4-6,15-16H2,1-3H3/b23-21-. The zero-order chi connectivity index (χ0) is 23.3. The number of rotatable bonds is 9. The summed E-state index contributed by atoms with van der Waals surface area (Å²) in [5, 5.41) is 20.8. The SMILES string of the molecule is CCOc1ccc(/C(O)=C2/C(=O)C(=O)N(CCN(CC)CC)C2c2ccc(O)cc2)cc1. The number of likely N-dealkylation sites (tertiary alicyclic amines) is 1. The van der Waals surface area contributed by atoms with Crippen molar-refractivity contribution >= 4 is 17.4 Å². The van der Waals surface area contributed by atoms with E-state index >= 15 is 0 Å². The Bertz CT molecular complexity index is 978. The molecular formula is C25H30N2O5. The lowest BCUT2D eigenvalue weighted by atomic mass is 9.95. The molecule has 1 heterocycles. The van der Waals surface area contributed by atoms with Crippen molar-refractivity contribution in [1.29, 1.82) is 0 Å². The van der Waals surface area contributed by atoms with E-state index in [4.69, 9.17) is 4.74 Å². The molecule has 3 rings (SSSR count). The van der Waals surface area contributed by atoms with Crippen LogP contribution in [0, 0.1) is 0 Å². The van der Waals surface area contributed by atoms with Crippen molar-refractivity contribution in [3.05, 3.63) is 65.2 Å². The van der Waals surface area contributed by atoms with Crippen LogP contribution in [0.1, 0.15) is 37.9 Å². The van der Waals surface area contributed by atoms with E-state index in [0.717, 1.165) is 13.1 Å². The average Bonchev–Trinajstić information content (AvgIpc) is 3.05. The molecule has 0 saturated carbocycles. The van der Waals surface area contributed by atoms with Crippen molar-refractivity contribution in [1.82, 2.24) is 9.80 Å². The molecule has 1 saturated heterocycles. The van der Waals surface area contributed by atoms with Gasteiger partial charge in [0, 0.05) is 18.7 Å². The third kappa shape index (κ3) is 4.78. The van der Waals surface area contributed by atoms with Crippen molar-refractivity contribution in [2.75, 3.05) is 32.8 Å². The molecule has 0 spiro atoms. The number of amides is 1. The highest BCUT2D eigenvalue weighted by Crippen LogP contribution is 2.39. The van der Waals surface area contributed by atoms with Gasteiger partial charge in [-0.1, -0.05) is 26.0 Å². The molecule has 1 unspecified atom stereocenters. The summed E-state index contributed by atoms with van der Waals surface area (Å²) in [6.07, 6.45) is 0. The van der Waals surface area contributed by atoms with E-state index in [1.54, 1.807) is 36.4 Å². The van der Waals surface area contributed by atoms with Gasteiger partial charge in [-0.25, -0.2) is 0 Å².